The number of aromatic nitrogens is 2. The fraction of sp³-hybridized carbons (Fsp3) is 0.571. The van der Waals surface area contributed by atoms with Gasteiger partial charge in [-0.1, -0.05) is 6.08 Å². The first-order valence-corrected chi connectivity index (χ1v) is 7.33. The van der Waals surface area contributed by atoms with Crippen LogP contribution in [0.1, 0.15) is 39.0 Å². The molecule has 0 atom stereocenters. The lowest BCUT2D eigenvalue weighted by Crippen LogP contribution is -2.41. The molecule has 0 saturated carbocycles. The Labute approximate surface area is 138 Å². The Morgan fingerprint density at radius 1 is 1.25 bits per heavy atom. The van der Waals surface area contributed by atoms with E-state index in [4.69, 9.17) is 20.8 Å². The van der Waals surface area contributed by atoms with E-state index in [1.54, 1.807) is 0 Å². The molecule has 4 N–H and O–H groups in total. The van der Waals surface area contributed by atoms with Crippen molar-refractivity contribution >= 4 is 19.1 Å². The van der Waals surface area contributed by atoms with Gasteiger partial charge in [0.05, 0.1) is 11.2 Å². The van der Waals surface area contributed by atoms with E-state index in [0.29, 0.717) is 5.47 Å². The third kappa shape index (κ3) is 3.55. The van der Waals surface area contributed by atoms with Gasteiger partial charge in [-0.25, -0.2) is 9.97 Å². The molecule has 1 fully saturated rings. The van der Waals surface area contributed by atoms with Crippen molar-refractivity contribution < 1.29 is 22.5 Å². The number of alkyl halides is 3. The SMILES string of the molecule is CC1(C)OB(C(=Cc2cnc(N)nc2C(F)(F)F)CN)OC1(C)C. The van der Waals surface area contributed by atoms with Gasteiger partial charge >= 0.3 is 13.3 Å². The maximum absolute atomic E-state index is 13.1. The summed E-state index contributed by atoms with van der Waals surface area (Å²) in [4.78, 5) is 6.91. The van der Waals surface area contributed by atoms with Gasteiger partial charge in [0.1, 0.15) is 0 Å². The number of hydrogen-bond acceptors (Lipinski definition) is 6. The van der Waals surface area contributed by atoms with Crippen LogP contribution >= 0.6 is 0 Å². The van der Waals surface area contributed by atoms with E-state index in [-0.39, 0.29) is 12.1 Å². The fourth-order valence-corrected chi connectivity index (χ4v) is 2.15. The van der Waals surface area contributed by atoms with Crippen LogP contribution in [0.15, 0.2) is 11.7 Å². The first kappa shape index (κ1) is 18.7. The van der Waals surface area contributed by atoms with Crippen LogP contribution in [0, 0.1) is 0 Å². The van der Waals surface area contributed by atoms with Gasteiger partial charge in [-0.05, 0) is 33.2 Å². The van der Waals surface area contributed by atoms with E-state index in [0.717, 1.165) is 6.20 Å². The molecule has 6 nitrogen and oxygen atoms in total. The van der Waals surface area contributed by atoms with Crippen molar-refractivity contribution in [3.63, 3.8) is 0 Å². The van der Waals surface area contributed by atoms with Gasteiger partial charge in [0.25, 0.3) is 0 Å². The van der Waals surface area contributed by atoms with Crippen LogP contribution < -0.4 is 11.5 Å². The summed E-state index contributed by atoms with van der Waals surface area (Å²) in [5.41, 5.74) is 8.68. The zero-order valence-electron chi connectivity index (χ0n) is 13.9. The minimum Gasteiger partial charge on any atom is -0.400 e. The van der Waals surface area contributed by atoms with Crippen molar-refractivity contribution in [2.24, 2.45) is 5.73 Å². The standard InChI is InChI=1S/C14H20BF3N4O2/c1-12(2)13(3,4)24-15(23-12)9(6-19)5-8-7-21-11(20)22-10(8)14(16,17)18/h5,7H,6,19H2,1-4H3,(H2,20,21,22). The molecule has 1 saturated heterocycles. The quantitative estimate of drug-likeness (QED) is 0.815. The Bertz CT molecular complexity index is 646. The van der Waals surface area contributed by atoms with Crippen LogP contribution in [-0.2, 0) is 15.5 Å². The highest BCUT2D eigenvalue weighted by molar-refractivity contribution is 6.55. The molecule has 0 aromatic carbocycles. The molecule has 0 radical (unpaired) electrons. The third-order valence-corrected chi connectivity index (χ3v) is 4.24. The number of anilines is 1. The Morgan fingerprint density at radius 2 is 1.79 bits per heavy atom. The smallest absolute Gasteiger partial charge is 0.400 e. The van der Waals surface area contributed by atoms with E-state index in [1.165, 1.54) is 6.08 Å². The molecule has 0 unspecified atom stereocenters. The molecule has 2 rings (SSSR count). The average molecular weight is 344 g/mol. The van der Waals surface area contributed by atoms with Crippen molar-refractivity contribution in [1.29, 1.82) is 0 Å². The summed E-state index contributed by atoms with van der Waals surface area (Å²) >= 11 is 0. The van der Waals surface area contributed by atoms with Gasteiger partial charge in [-0.15, -0.1) is 0 Å². The molecule has 2 heterocycles. The molecule has 0 bridgehead atoms. The first-order valence-electron chi connectivity index (χ1n) is 7.33. The Kier molecular flexibility index (Phi) is 4.68. The fourth-order valence-electron chi connectivity index (χ4n) is 2.15. The second-order valence-corrected chi connectivity index (χ2v) is 6.54. The zero-order chi connectivity index (χ0) is 18.3. The van der Waals surface area contributed by atoms with Crippen molar-refractivity contribution in [2.75, 3.05) is 12.3 Å². The Balaban J connectivity index is 2.43. The summed E-state index contributed by atoms with van der Waals surface area (Å²) < 4.78 is 51.1. The number of nitrogen functional groups attached to an aromatic ring is 1. The summed E-state index contributed by atoms with van der Waals surface area (Å²) in [7, 11) is -0.848. The van der Waals surface area contributed by atoms with Gasteiger partial charge in [-0.3, -0.25) is 0 Å². The normalized spacial score (nSPS) is 20.5. The van der Waals surface area contributed by atoms with Crippen molar-refractivity contribution in [2.45, 2.75) is 45.1 Å². The Hall–Kier alpha value is -1.65. The minimum absolute atomic E-state index is 0.0432. The lowest BCUT2D eigenvalue weighted by atomic mass is 9.77. The van der Waals surface area contributed by atoms with Gasteiger partial charge in [-0.2, -0.15) is 13.2 Å². The number of hydrogen-bond donors (Lipinski definition) is 2. The second kappa shape index (κ2) is 6.01. The lowest BCUT2D eigenvalue weighted by molar-refractivity contribution is -0.141. The minimum atomic E-state index is -4.67. The average Bonchev–Trinajstić information content (AvgIpc) is 2.64. The van der Waals surface area contributed by atoms with Crippen LogP contribution in [0.3, 0.4) is 0 Å². The molecule has 1 aromatic heterocycles. The summed E-state index contributed by atoms with van der Waals surface area (Å²) in [6.45, 7) is 7.32. The second-order valence-electron chi connectivity index (χ2n) is 6.54. The third-order valence-electron chi connectivity index (χ3n) is 4.24. The van der Waals surface area contributed by atoms with Gasteiger partial charge in [0.2, 0.25) is 5.95 Å². The monoisotopic (exact) mass is 344 g/mol. The first-order chi connectivity index (χ1) is 10.9. The van der Waals surface area contributed by atoms with Gasteiger partial charge in [0, 0.05) is 18.3 Å². The summed E-state index contributed by atoms with van der Waals surface area (Å²) in [5.74, 6) is -0.454. The summed E-state index contributed by atoms with van der Waals surface area (Å²) in [6, 6.07) is 0. The highest BCUT2D eigenvalue weighted by Crippen LogP contribution is 2.39. The maximum atomic E-state index is 13.1. The van der Waals surface area contributed by atoms with Crippen LogP contribution in [-0.4, -0.2) is 34.8 Å². The molecular formula is C14H20BF3N4O2. The van der Waals surface area contributed by atoms with Crippen molar-refractivity contribution in [1.82, 2.24) is 9.97 Å². The summed E-state index contributed by atoms with van der Waals surface area (Å²) in [5, 5.41) is 0. The predicted molar refractivity (Wildman–Crippen MR) is 84.6 cm³/mol. The highest BCUT2D eigenvalue weighted by Gasteiger charge is 2.52. The number of halogens is 3. The van der Waals surface area contributed by atoms with Crippen LogP contribution in [0.4, 0.5) is 19.1 Å². The Morgan fingerprint density at radius 3 is 2.25 bits per heavy atom. The van der Waals surface area contributed by atoms with Gasteiger partial charge in [0.15, 0.2) is 5.69 Å². The number of rotatable bonds is 3. The molecular weight excluding hydrogens is 324 g/mol. The lowest BCUT2D eigenvalue weighted by Gasteiger charge is -2.32. The largest absolute Gasteiger partial charge is 0.491 e. The topological polar surface area (TPSA) is 96.3 Å². The van der Waals surface area contributed by atoms with E-state index >= 15 is 0 Å². The van der Waals surface area contributed by atoms with E-state index in [1.807, 2.05) is 27.7 Å². The predicted octanol–water partition coefficient (Wildman–Crippen LogP) is 2.05. The molecule has 0 amide bonds. The summed E-state index contributed by atoms with van der Waals surface area (Å²) in [6.07, 6.45) is -2.42. The van der Waals surface area contributed by atoms with E-state index < -0.39 is 36.1 Å². The van der Waals surface area contributed by atoms with Crippen LogP contribution in [0.2, 0.25) is 0 Å². The molecule has 1 aliphatic rings. The van der Waals surface area contributed by atoms with E-state index in [2.05, 4.69) is 9.97 Å². The molecule has 1 aliphatic heterocycles. The molecule has 0 aliphatic carbocycles. The zero-order valence-corrected chi connectivity index (χ0v) is 13.9. The van der Waals surface area contributed by atoms with Gasteiger partial charge < -0.3 is 20.8 Å². The molecule has 0 spiro atoms. The molecule has 10 heteroatoms. The molecule has 132 valence electrons. The molecule has 24 heavy (non-hydrogen) atoms. The van der Waals surface area contributed by atoms with Crippen molar-refractivity contribution in [3.05, 3.63) is 22.9 Å². The van der Waals surface area contributed by atoms with Crippen LogP contribution in [0.5, 0.6) is 0 Å². The maximum Gasteiger partial charge on any atom is 0.491 e. The van der Waals surface area contributed by atoms with Crippen LogP contribution in [0.25, 0.3) is 6.08 Å². The molecule has 1 aromatic rings. The highest BCUT2D eigenvalue weighted by atomic mass is 19.4. The number of nitrogens with two attached hydrogens (primary N) is 2. The van der Waals surface area contributed by atoms with Crippen molar-refractivity contribution in [3.8, 4) is 0 Å². The van der Waals surface area contributed by atoms with E-state index in [9.17, 15) is 13.2 Å². The number of nitrogens with zero attached hydrogens (tertiary/aromatic N) is 2.